The second-order valence-corrected chi connectivity index (χ2v) is 19.2. The van der Waals surface area contributed by atoms with Gasteiger partial charge in [-0.3, -0.25) is 0 Å². The molecule has 0 fully saturated rings. The summed E-state index contributed by atoms with van der Waals surface area (Å²) >= 11 is 0. The van der Waals surface area contributed by atoms with Gasteiger partial charge in [-0.05, 0) is 30.1 Å². The van der Waals surface area contributed by atoms with Crippen LogP contribution in [0.25, 0.3) is 0 Å². The van der Waals surface area contributed by atoms with Gasteiger partial charge in [0.05, 0.1) is 16.1 Å². The normalized spacial score (nSPS) is 13.5. The lowest BCUT2D eigenvalue weighted by Crippen LogP contribution is -2.42. The van der Waals surface area contributed by atoms with E-state index in [4.69, 9.17) is 4.74 Å². The van der Waals surface area contributed by atoms with Crippen molar-refractivity contribution < 1.29 is 9.53 Å². The summed E-state index contributed by atoms with van der Waals surface area (Å²) in [7, 11) is -3.02. The third-order valence-electron chi connectivity index (χ3n) is 4.83. The number of rotatable bonds is 6. The molecule has 0 heterocycles. The maximum absolute atomic E-state index is 12.6. The number of ether oxygens (including phenoxy) is 1. The van der Waals surface area contributed by atoms with E-state index in [0.717, 1.165) is 5.75 Å². The van der Waals surface area contributed by atoms with E-state index in [1.54, 1.807) is 4.90 Å². The molecule has 0 N–H and O–H groups in total. The summed E-state index contributed by atoms with van der Waals surface area (Å²) in [5.41, 5.74) is 1.64. The first-order valence-corrected chi connectivity index (χ1v) is 16.1. The lowest BCUT2D eigenvalue weighted by molar-refractivity contribution is 0.157. The minimum absolute atomic E-state index is 0.227. The second-order valence-electron chi connectivity index (χ2n) is 8.60. The van der Waals surface area contributed by atoms with Crippen molar-refractivity contribution >= 4 is 27.4 Å². The number of nitrogens with zero attached hydrogens (tertiary/aromatic N) is 1. The molecule has 1 aromatic rings. The van der Waals surface area contributed by atoms with E-state index in [1.807, 2.05) is 13.8 Å². The largest absolute Gasteiger partial charge is 0.415 e. The molecule has 5 heteroatoms. The van der Waals surface area contributed by atoms with Gasteiger partial charge in [0.15, 0.2) is 0 Å². The zero-order valence-electron chi connectivity index (χ0n) is 17.0. The maximum Gasteiger partial charge on any atom is 0.415 e. The molecule has 0 radical (unpaired) electrons. The van der Waals surface area contributed by atoms with Crippen LogP contribution < -0.4 is 9.92 Å². The molecule has 136 valence electrons. The number of carbonyl (C=O) groups is 1. The minimum Gasteiger partial charge on any atom is -0.410 e. The molecule has 0 aliphatic heterocycles. The Labute approximate surface area is 150 Å². The Balaban J connectivity index is 3.44. The lowest BCUT2D eigenvalue weighted by Gasteiger charge is -2.31. The second kappa shape index (κ2) is 7.87. The van der Waals surface area contributed by atoms with Crippen LogP contribution in [0, 0.1) is 0 Å². The van der Waals surface area contributed by atoms with Crippen molar-refractivity contribution in [3.8, 4) is 5.75 Å². The van der Waals surface area contributed by atoms with Gasteiger partial charge in [0, 0.05) is 13.1 Å². The number of para-hydroxylation sites is 1. The first-order valence-electron chi connectivity index (χ1n) is 9.03. The highest BCUT2D eigenvalue weighted by molar-refractivity contribution is 6.89. The van der Waals surface area contributed by atoms with Gasteiger partial charge in [0.2, 0.25) is 0 Å². The molecule has 24 heavy (non-hydrogen) atoms. The van der Waals surface area contributed by atoms with E-state index in [1.165, 1.54) is 10.8 Å². The van der Waals surface area contributed by atoms with Gasteiger partial charge in [-0.15, -0.1) is 0 Å². The molecule has 1 amide bonds. The summed E-state index contributed by atoms with van der Waals surface area (Å²) in [5, 5.41) is 1.24. The maximum atomic E-state index is 12.6. The van der Waals surface area contributed by atoms with Crippen LogP contribution >= 0.6 is 0 Å². The molecule has 0 bridgehead atoms. The predicted octanol–water partition coefficient (Wildman–Crippen LogP) is 5.05. The SMILES string of the molecule is CCN(CC)C(=O)Oc1c([C@H](C)[Si](C)(C)C)cccc1[Si](C)(C)C. The van der Waals surface area contributed by atoms with Crippen LogP contribution in [0.1, 0.15) is 31.9 Å². The van der Waals surface area contributed by atoms with Crippen LogP contribution in [-0.2, 0) is 0 Å². The van der Waals surface area contributed by atoms with E-state index < -0.39 is 16.1 Å². The Bertz CT molecular complexity index is 570. The summed E-state index contributed by atoms with van der Waals surface area (Å²) in [6, 6.07) is 6.43. The molecular formula is C19H35NO2Si2. The first-order chi connectivity index (χ1) is 10.9. The summed E-state index contributed by atoms with van der Waals surface area (Å²) in [6.45, 7) is 21.6. The minimum atomic E-state index is -1.62. The molecule has 0 aromatic heterocycles. The summed E-state index contributed by atoms with van der Waals surface area (Å²) in [5.74, 6) is 0.837. The van der Waals surface area contributed by atoms with Gasteiger partial charge < -0.3 is 9.64 Å². The molecule has 0 unspecified atom stereocenters. The van der Waals surface area contributed by atoms with E-state index in [-0.39, 0.29) is 6.09 Å². The van der Waals surface area contributed by atoms with E-state index in [0.29, 0.717) is 18.6 Å². The fourth-order valence-electron chi connectivity index (χ4n) is 2.70. The standard InChI is InChI=1S/C19H35NO2Si2/c1-10-20(11-2)19(21)22-18-16(15(3)23(4,5)6)13-12-14-17(18)24(7,8)9/h12-15H,10-11H2,1-9H3/t15-/m0/s1. The Morgan fingerprint density at radius 3 is 2.04 bits per heavy atom. The fraction of sp³-hybridized carbons (Fsp3) is 0.632. The molecular weight excluding hydrogens is 330 g/mol. The zero-order chi connectivity index (χ0) is 18.7. The van der Waals surface area contributed by atoms with Crippen LogP contribution in [0.15, 0.2) is 18.2 Å². The third-order valence-corrected chi connectivity index (χ3v) is 9.75. The predicted molar refractivity (Wildman–Crippen MR) is 110 cm³/mol. The van der Waals surface area contributed by atoms with Crippen molar-refractivity contribution in [1.29, 1.82) is 0 Å². The number of carbonyl (C=O) groups excluding carboxylic acids is 1. The highest BCUT2D eigenvalue weighted by atomic mass is 28.3. The molecule has 3 nitrogen and oxygen atoms in total. The van der Waals surface area contributed by atoms with Gasteiger partial charge in [0.25, 0.3) is 0 Å². The molecule has 0 aliphatic carbocycles. The number of amides is 1. The lowest BCUT2D eigenvalue weighted by atomic mass is 10.1. The summed E-state index contributed by atoms with van der Waals surface area (Å²) in [6.07, 6.45) is -0.227. The zero-order valence-corrected chi connectivity index (χ0v) is 19.0. The van der Waals surface area contributed by atoms with Crippen molar-refractivity contribution in [3.63, 3.8) is 0 Å². The third kappa shape index (κ3) is 4.96. The van der Waals surface area contributed by atoms with E-state index >= 15 is 0 Å². The van der Waals surface area contributed by atoms with Crippen LogP contribution in [0.4, 0.5) is 4.79 Å². The first kappa shape index (κ1) is 21.0. The van der Waals surface area contributed by atoms with Crippen LogP contribution in [-0.4, -0.2) is 40.2 Å². The Hall–Kier alpha value is -1.08. The summed E-state index contributed by atoms with van der Waals surface area (Å²) in [4.78, 5) is 14.3. The Morgan fingerprint density at radius 1 is 1.08 bits per heavy atom. The van der Waals surface area contributed by atoms with Gasteiger partial charge >= 0.3 is 6.09 Å². The highest BCUT2D eigenvalue weighted by Gasteiger charge is 2.31. The van der Waals surface area contributed by atoms with Gasteiger partial charge in [0.1, 0.15) is 5.75 Å². The number of benzene rings is 1. The smallest absolute Gasteiger partial charge is 0.410 e. The van der Waals surface area contributed by atoms with E-state index in [9.17, 15) is 4.79 Å². The molecule has 1 aromatic carbocycles. The van der Waals surface area contributed by atoms with Crippen LogP contribution in [0.2, 0.25) is 39.3 Å². The number of hydrogen-bond acceptors (Lipinski definition) is 2. The van der Waals surface area contributed by atoms with Crippen molar-refractivity contribution in [2.45, 2.75) is 65.6 Å². The molecule has 0 aliphatic rings. The number of hydrogen-bond donors (Lipinski definition) is 0. The monoisotopic (exact) mass is 365 g/mol. The highest BCUT2D eigenvalue weighted by Crippen LogP contribution is 2.33. The average Bonchev–Trinajstić information content (AvgIpc) is 2.45. The van der Waals surface area contributed by atoms with Crippen LogP contribution in [0.5, 0.6) is 5.75 Å². The molecule has 0 saturated carbocycles. The Morgan fingerprint density at radius 2 is 1.62 bits per heavy atom. The van der Waals surface area contributed by atoms with Crippen molar-refractivity contribution in [1.82, 2.24) is 4.90 Å². The quantitative estimate of drug-likeness (QED) is 0.660. The molecule has 0 saturated heterocycles. The van der Waals surface area contributed by atoms with Gasteiger partial charge in [-0.2, -0.15) is 0 Å². The fourth-order valence-corrected chi connectivity index (χ4v) is 5.33. The van der Waals surface area contributed by atoms with Crippen molar-refractivity contribution in [3.05, 3.63) is 23.8 Å². The summed E-state index contributed by atoms with van der Waals surface area (Å²) < 4.78 is 6.01. The van der Waals surface area contributed by atoms with Crippen molar-refractivity contribution in [2.24, 2.45) is 0 Å². The van der Waals surface area contributed by atoms with Gasteiger partial charge in [-0.1, -0.05) is 64.4 Å². The van der Waals surface area contributed by atoms with Crippen LogP contribution in [0.3, 0.4) is 0 Å². The molecule has 0 spiro atoms. The van der Waals surface area contributed by atoms with Gasteiger partial charge in [-0.25, -0.2) is 4.79 Å². The van der Waals surface area contributed by atoms with E-state index in [2.05, 4.69) is 64.4 Å². The topological polar surface area (TPSA) is 29.5 Å². The average molecular weight is 366 g/mol. The Kier molecular flexibility index (Phi) is 6.88. The molecule has 1 rings (SSSR count). The molecule has 1 atom stereocenters. The van der Waals surface area contributed by atoms with Crippen molar-refractivity contribution in [2.75, 3.05) is 13.1 Å².